The minimum absolute atomic E-state index is 0.403. The molecular weight excluding hydrogens is 739 g/mol. The first-order valence-electron chi connectivity index (χ1n) is 21.1. The Labute approximate surface area is 354 Å². The zero-order chi connectivity index (χ0) is 40.1. The molecule has 0 amide bonds. The van der Waals surface area contributed by atoms with Crippen LogP contribution in [-0.2, 0) is 5.41 Å². The van der Waals surface area contributed by atoms with Crippen LogP contribution >= 0.6 is 0 Å². The predicted octanol–water partition coefficient (Wildman–Crippen LogP) is 15.9. The van der Waals surface area contributed by atoms with Crippen molar-refractivity contribution >= 4 is 49.8 Å². The Morgan fingerprint density at radius 2 is 0.885 bits per heavy atom. The Balaban J connectivity index is 1.07. The van der Waals surface area contributed by atoms with E-state index in [0.29, 0.717) is 0 Å². The highest BCUT2D eigenvalue weighted by atomic mass is 16.3. The molecule has 0 bridgehead atoms. The van der Waals surface area contributed by atoms with Crippen molar-refractivity contribution < 1.29 is 4.42 Å². The van der Waals surface area contributed by atoms with Gasteiger partial charge >= 0.3 is 0 Å². The van der Waals surface area contributed by atoms with Crippen LogP contribution in [0.1, 0.15) is 22.3 Å². The Morgan fingerprint density at radius 3 is 1.62 bits per heavy atom. The Kier molecular flexibility index (Phi) is 7.26. The highest BCUT2D eigenvalue weighted by Crippen LogP contribution is 2.63. The quantitative estimate of drug-likeness (QED) is 0.173. The van der Waals surface area contributed by atoms with E-state index in [-0.39, 0.29) is 0 Å². The zero-order valence-electron chi connectivity index (χ0n) is 33.2. The molecule has 1 spiro atoms. The van der Waals surface area contributed by atoms with E-state index in [1.54, 1.807) is 0 Å². The van der Waals surface area contributed by atoms with Gasteiger partial charge in [0.25, 0.3) is 0 Å². The van der Waals surface area contributed by atoms with Gasteiger partial charge in [0, 0.05) is 33.1 Å². The molecule has 1 aromatic heterocycles. The number of hydrogen-bond acceptors (Lipinski definition) is 2. The van der Waals surface area contributed by atoms with Crippen molar-refractivity contribution in [1.82, 2.24) is 0 Å². The van der Waals surface area contributed by atoms with Crippen molar-refractivity contribution in [2.45, 2.75) is 5.41 Å². The molecule has 0 N–H and O–H groups in total. The first-order valence-corrected chi connectivity index (χ1v) is 21.1. The largest absolute Gasteiger partial charge is 0.456 e. The summed E-state index contributed by atoms with van der Waals surface area (Å²) < 4.78 is 6.46. The molecule has 0 saturated carbocycles. The van der Waals surface area contributed by atoms with Gasteiger partial charge in [-0.3, -0.25) is 0 Å². The van der Waals surface area contributed by atoms with Gasteiger partial charge in [0.1, 0.15) is 11.2 Å². The van der Waals surface area contributed by atoms with Crippen molar-refractivity contribution in [2.24, 2.45) is 0 Å². The van der Waals surface area contributed by atoms with Crippen molar-refractivity contribution in [3.63, 3.8) is 0 Å². The lowest BCUT2D eigenvalue weighted by molar-refractivity contribution is 0.669. The summed E-state index contributed by atoms with van der Waals surface area (Å²) >= 11 is 0. The summed E-state index contributed by atoms with van der Waals surface area (Å²) in [6.45, 7) is 0. The molecule has 13 rings (SSSR count). The summed E-state index contributed by atoms with van der Waals surface area (Å²) in [7, 11) is 0. The summed E-state index contributed by atoms with van der Waals surface area (Å²) in [4.78, 5) is 2.46. The van der Waals surface area contributed by atoms with Crippen LogP contribution in [0.15, 0.2) is 229 Å². The molecule has 10 aromatic carbocycles. The normalized spacial score (nSPS) is 13.0. The lowest BCUT2D eigenvalue weighted by atomic mass is 9.70. The molecular formula is C59H37NO. The summed E-state index contributed by atoms with van der Waals surface area (Å²) in [5.41, 5.74) is 19.9. The molecule has 2 nitrogen and oxygen atoms in total. The Hall–Kier alpha value is -7.94. The van der Waals surface area contributed by atoms with Gasteiger partial charge in [-0.15, -0.1) is 0 Å². The van der Waals surface area contributed by atoms with Gasteiger partial charge in [0.2, 0.25) is 0 Å². The molecule has 284 valence electrons. The topological polar surface area (TPSA) is 16.4 Å². The molecule has 61 heavy (non-hydrogen) atoms. The van der Waals surface area contributed by atoms with Crippen molar-refractivity contribution in [2.75, 3.05) is 4.90 Å². The van der Waals surface area contributed by atoms with Crippen LogP contribution in [0.4, 0.5) is 17.1 Å². The van der Waals surface area contributed by atoms with Gasteiger partial charge in [0.05, 0.1) is 11.1 Å². The summed E-state index contributed by atoms with van der Waals surface area (Å²) in [6.07, 6.45) is 0. The van der Waals surface area contributed by atoms with E-state index >= 15 is 0 Å². The van der Waals surface area contributed by atoms with Crippen molar-refractivity contribution in [3.8, 4) is 44.5 Å². The number of furan rings is 1. The molecule has 1 heterocycles. The molecule has 2 aliphatic carbocycles. The second-order valence-corrected chi connectivity index (χ2v) is 16.3. The predicted molar refractivity (Wildman–Crippen MR) is 253 cm³/mol. The minimum atomic E-state index is -0.403. The molecule has 11 aromatic rings. The number of benzene rings is 10. The second kappa shape index (κ2) is 13.0. The monoisotopic (exact) mass is 775 g/mol. The highest BCUT2D eigenvalue weighted by Gasteiger charge is 2.51. The summed E-state index contributed by atoms with van der Waals surface area (Å²) in [5, 5.41) is 4.65. The summed E-state index contributed by atoms with van der Waals surface area (Å²) in [5.74, 6) is 0. The number of para-hydroxylation sites is 2. The van der Waals surface area contributed by atoms with Crippen LogP contribution in [-0.4, -0.2) is 0 Å². The second-order valence-electron chi connectivity index (χ2n) is 16.3. The van der Waals surface area contributed by atoms with Crippen LogP contribution in [0.2, 0.25) is 0 Å². The van der Waals surface area contributed by atoms with Gasteiger partial charge in [0.15, 0.2) is 0 Å². The van der Waals surface area contributed by atoms with Gasteiger partial charge in [-0.1, -0.05) is 182 Å². The van der Waals surface area contributed by atoms with Gasteiger partial charge in [-0.2, -0.15) is 0 Å². The molecule has 0 radical (unpaired) electrons. The molecule has 2 aliphatic rings. The third kappa shape index (κ3) is 4.79. The van der Waals surface area contributed by atoms with E-state index in [0.717, 1.165) is 44.6 Å². The molecule has 0 unspecified atom stereocenters. The Morgan fingerprint density at radius 1 is 0.328 bits per heavy atom. The third-order valence-corrected chi connectivity index (χ3v) is 13.3. The number of hydrogen-bond donors (Lipinski definition) is 0. The molecule has 0 saturated heterocycles. The summed E-state index contributed by atoms with van der Waals surface area (Å²) in [6, 6.07) is 82.3. The number of anilines is 3. The molecule has 0 atom stereocenters. The Bertz CT molecular complexity index is 3490. The number of nitrogens with zero attached hydrogens (tertiary/aromatic N) is 1. The van der Waals surface area contributed by atoms with Gasteiger partial charge in [-0.05, 0) is 109 Å². The van der Waals surface area contributed by atoms with Crippen LogP contribution in [0.25, 0.3) is 77.2 Å². The fourth-order valence-corrected chi connectivity index (χ4v) is 10.8. The molecule has 2 heteroatoms. The maximum absolute atomic E-state index is 6.46. The smallest absolute Gasteiger partial charge is 0.136 e. The average Bonchev–Trinajstić information content (AvgIpc) is 3.96. The fourth-order valence-electron chi connectivity index (χ4n) is 10.8. The SMILES string of the molecule is c1ccc(-c2ccc(N(c3ccc4c(c3)-c3ccccc3C43c4ccccc4-c4ccccc43)c3ccccc3-c3cccc4ccc5oc6ccccc6c5c34)cc2)cc1. The van der Waals surface area contributed by atoms with E-state index in [2.05, 4.69) is 223 Å². The van der Waals surface area contributed by atoms with Gasteiger partial charge < -0.3 is 9.32 Å². The first kappa shape index (κ1) is 34.0. The lowest BCUT2D eigenvalue weighted by Crippen LogP contribution is -2.25. The van der Waals surface area contributed by atoms with Gasteiger partial charge in [-0.25, -0.2) is 0 Å². The van der Waals surface area contributed by atoms with Crippen molar-refractivity contribution in [1.29, 1.82) is 0 Å². The maximum atomic E-state index is 6.46. The first-order chi connectivity index (χ1) is 30.3. The van der Waals surface area contributed by atoms with Crippen LogP contribution in [0, 0.1) is 0 Å². The van der Waals surface area contributed by atoms with Crippen LogP contribution in [0.3, 0.4) is 0 Å². The van der Waals surface area contributed by atoms with E-state index in [9.17, 15) is 0 Å². The third-order valence-electron chi connectivity index (χ3n) is 13.3. The highest BCUT2D eigenvalue weighted by molar-refractivity contribution is 6.23. The van der Waals surface area contributed by atoms with Crippen LogP contribution < -0.4 is 4.90 Å². The molecule has 0 fully saturated rings. The van der Waals surface area contributed by atoms with E-state index in [1.807, 2.05) is 6.07 Å². The number of rotatable bonds is 5. The number of fused-ring (bicyclic) bond motifs is 15. The van der Waals surface area contributed by atoms with E-state index in [1.165, 1.54) is 72.0 Å². The average molecular weight is 776 g/mol. The van der Waals surface area contributed by atoms with Crippen LogP contribution in [0.5, 0.6) is 0 Å². The fraction of sp³-hybridized carbons (Fsp3) is 0.0169. The van der Waals surface area contributed by atoms with Crippen molar-refractivity contribution in [3.05, 3.63) is 247 Å². The zero-order valence-corrected chi connectivity index (χ0v) is 33.2. The van der Waals surface area contributed by atoms with E-state index < -0.39 is 5.41 Å². The maximum Gasteiger partial charge on any atom is 0.136 e. The lowest BCUT2D eigenvalue weighted by Gasteiger charge is -2.31. The van der Waals surface area contributed by atoms with E-state index in [4.69, 9.17) is 4.42 Å². The standard InChI is InChI=1S/C59H37NO/c1-2-15-38(16-3-1)39-29-32-41(33-30-39)60(54-27-12-7-21-46(54)47-23-14-17-40-31-36-56-58(57(40)47)48-22-8-13-28-55(48)61-56)42-34-35-53-49(37-42)45-20-6-11-26-52(45)59(53)50-24-9-4-18-43(50)44-19-5-10-25-51(44)59/h1-37H. The molecule has 0 aliphatic heterocycles. The minimum Gasteiger partial charge on any atom is -0.456 e.